The van der Waals surface area contributed by atoms with Gasteiger partial charge in [0.2, 0.25) is 0 Å². The number of benzene rings is 1. The van der Waals surface area contributed by atoms with Crippen molar-refractivity contribution in [3.8, 4) is 0 Å². The van der Waals surface area contributed by atoms with Crippen LogP contribution >= 0.6 is 0 Å². The lowest BCUT2D eigenvalue weighted by Gasteiger charge is -2.19. The molecule has 0 amide bonds. The van der Waals surface area contributed by atoms with Crippen LogP contribution in [0.3, 0.4) is 0 Å². The second-order valence-corrected chi connectivity index (χ2v) is 7.44. The Morgan fingerprint density at radius 2 is 1.88 bits per heavy atom. The summed E-state index contributed by atoms with van der Waals surface area (Å²) in [6.07, 6.45) is 12.6. The molecule has 1 aromatic carbocycles. The number of aliphatic hydroxyl groups excluding tert-OH is 3. The van der Waals surface area contributed by atoms with Gasteiger partial charge in [-0.2, -0.15) is 0 Å². The number of hydrogen-bond acceptors (Lipinski definition) is 3. The van der Waals surface area contributed by atoms with E-state index in [4.69, 9.17) is 0 Å². The molecule has 2 rings (SSSR count). The molecule has 1 fully saturated rings. The minimum absolute atomic E-state index is 0.0282. The highest BCUT2D eigenvalue weighted by atomic mass is 16.3. The minimum atomic E-state index is -0.531. The molecule has 1 aromatic rings. The zero-order valence-electron chi connectivity index (χ0n) is 15.9. The molecule has 3 N–H and O–H groups in total. The molecule has 1 aliphatic rings. The van der Waals surface area contributed by atoms with Crippen LogP contribution in [0.15, 0.2) is 54.6 Å². The fourth-order valence-electron chi connectivity index (χ4n) is 3.71. The van der Waals surface area contributed by atoms with E-state index in [-0.39, 0.29) is 11.8 Å². The Hall–Kier alpha value is -1.42. The van der Waals surface area contributed by atoms with Crippen molar-refractivity contribution in [3.63, 3.8) is 0 Å². The second kappa shape index (κ2) is 11.3. The van der Waals surface area contributed by atoms with Crippen LogP contribution in [-0.4, -0.2) is 33.6 Å². The highest BCUT2D eigenvalue weighted by Crippen LogP contribution is 2.36. The number of allylic oxidation sites excluding steroid dienone is 2. The molecule has 0 unspecified atom stereocenters. The average molecular weight is 359 g/mol. The second-order valence-electron chi connectivity index (χ2n) is 7.44. The van der Waals surface area contributed by atoms with Crippen LogP contribution in [0.4, 0.5) is 0 Å². The number of hydrogen-bond donors (Lipinski definition) is 3. The molecule has 144 valence electrons. The van der Waals surface area contributed by atoms with E-state index in [1.807, 2.05) is 24.3 Å². The third-order valence-electron chi connectivity index (χ3n) is 5.34. The Labute approximate surface area is 158 Å². The number of unbranched alkanes of at least 4 members (excludes halogenated alkanes) is 2. The van der Waals surface area contributed by atoms with Crippen molar-refractivity contribution in [2.45, 2.75) is 70.2 Å². The monoisotopic (exact) mass is 358 g/mol. The van der Waals surface area contributed by atoms with Gasteiger partial charge in [-0.1, -0.05) is 74.4 Å². The molecule has 0 spiro atoms. The molecule has 0 heterocycles. The normalized spacial score (nSPS) is 27.5. The Bertz CT molecular complexity index is 552. The van der Waals surface area contributed by atoms with Gasteiger partial charge in [0.15, 0.2) is 0 Å². The molecule has 3 heteroatoms. The maximum Gasteiger partial charge on any atom is 0.0724 e. The van der Waals surface area contributed by atoms with Crippen molar-refractivity contribution < 1.29 is 15.3 Å². The first-order valence-electron chi connectivity index (χ1n) is 10.0. The van der Waals surface area contributed by atoms with Gasteiger partial charge in [-0.15, -0.1) is 0 Å². The first-order valence-corrected chi connectivity index (χ1v) is 10.0. The summed E-state index contributed by atoms with van der Waals surface area (Å²) in [6.45, 7) is 2.18. The fourth-order valence-corrected chi connectivity index (χ4v) is 3.71. The minimum Gasteiger partial charge on any atom is -0.393 e. The number of aryl methyl sites for hydroxylation is 1. The summed E-state index contributed by atoms with van der Waals surface area (Å²) >= 11 is 0. The third-order valence-corrected chi connectivity index (χ3v) is 5.34. The SMILES string of the molecule is CCCC/C=C\C[C@@H]1[C@@H](C=C[C@@H](O)CCc2ccccc2)[C@H](O)C[C@@H]1O. The summed E-state index contributed by atoms with van der Waals surface area (Å²) in [5, 5.41) is 30.8. The van der Waals surface area contributed by atoms with Crippen molar-refractivity contribution in [1.29, 1.82) is 0 Å². The van der Waals surface area contributed by atoms with Gasteiger partial charge in [0, 0.05) is 12.3 Å². The van der Waals surface area contributed by atoms with Crippen molar-refractivity contribution in [2.75, 3.05) is 0 Å². The van der Waals surface area contributed by atoms with E-state index in [1.54, 1.807) is 6.08 Å². The maximum atomic E-state index is 10.3. The van der Waals surface area contributed by atoms with E-state index in [0.29, 0.717) is 12.8 Å². The maximum absolute atomic E-state index is 10.3. The molecule has 0 aromatic heterocycles. The van der Waals surface area contributed by atoms with Crippen molar-refractivity contribution in [3.05, 3.63) is 60.2 Å². The molecule has 26 heavy (non-hydrogen) atoms. The molecule has 3 nitrogen and oxygen atoms in total. The molecule has 0 radical (unpaired) electrons. The number of rotatable bonds is 10. The summed E-state index contributed by atoms with van der Waals surface area (Å²) in [6, 6.07) is 10.1. The Balaban J connectivity index is 1.85. The first kappa shape index (κ1) is 20.9. The molecule has 5 atom stereocenters. The molecule has 0 saturated heterocycles. The van der Waals surface area contributed by atoms with Crippen LogP contribution in [0.1, 0.15) is 51.0 Å². The Morgan fingerprint density at radius 3 is 2.62 bits per heavy atom. The average Bonchev–Trinajstić information content (AvgIpc) is 2.91. The number of aliphatic hydroxyl groups is 3. The lowest BCUT2D eigenvalue weighted by Crippen LogP contribution is -2.20. The molecule has 1 saturated carbocycles. The van der Waals surface area contributed by atoms with Gasteiger partial charge in [0.05, 0.1) is 18.3 Å². The van der Waals surface area contributed by atoms with E-state index in [0.717, 1.165) is 19.3 Å². The largest absolute Gasteiger partial charge is 0.393 e. The molecule has 1 aliphatic carbocycles. The highest BCUT2D eigenvalue weighted by molar-refractivity contribution is 5.15. The topological polar surface area (TPSA) is 60.7 Å². The van der Waals surface area contributed by atoms with Crippen LogP contribution in [0, 0.1) is 11.8 Å². The van der Waals surface area contributed by atoms with Gasteiger partial charge in [-0.3, -0.25) is 0 Å². The van der Waals surface area contributed by atoms with Crippen LogP contribution in [-0.2, 0) is 6.42 Å². The third kappa shape index (κ3) is 6.71. The molecular formula is C23H34O3. The predicted molar refractivity (Wildman–Crippen MR) is 107 cm³/mol. The van der Waals surface area contributed by atoms with Gasteiger partial charge >= 0.3 is 0 Å². The van der Waals surface area contributed by atoms with Crippen LogP contribution in [0.2, 0.25) is 0 Å². The van der Waals surface area contributed by atoms with Gasteiger partial charge in [0.1, 0.15) is 0 Å². The zero-order valence-corrected chi connectivity index (χ0v) is 15.9. The van der Waals surface area contributed by atoms with E-state index >= 15 is 0 Å². The van der Waals surface area contributed by atoms with Crippen molar-refractivity contribution in [2.24, 2.45) is 11.8 Å². The summed E-state index contributed by atoms with van der Waals surface area (Å²) < 4.78 is 0. The Kier molecular flexibility index (Phi) is 9.10. The summed E-state index contributed by atoms with van der Waals surface area (Å²) in [5.74, 6) is -0.0624. The standard InChI is InChI=1S/C23H34O3/c1-2-3-4-5-9-12-20-21(23(26)17-22(20)25)16-15-19(24)14-13-18-10-7-6-8-11-18/h5-11,15-16,19-26H,2-4,12-14,17H2,1H3/b9-5-,16-15?/t19-,20+,21+,22-,23+/m0/s1. The predicted octanol–water partition coefficient (Wildman–Crippen LogP) is 4.03. The quantitative estimate of drug-likeness (QED) is 0.437. The first-order chi connectivity index (χ1) is 12.6. The highest BCUT2D eigenvalue weighted by Gasteiger charge is 2.39. The molecule has 0 bridgehead atoms. The van der Waals surface area contributed by atoms with Gasteiger partial charge in [-0.05, 0) is 37.2 Å². The Morgan fingerprint density at radius 1 is 1.12 bits per heavy atom. The summed E-state index contributed by atoms with van der Waals surface area (Å²) in [7, 11) is 0. The van der Waals surface area contributed by atoms with Gasteiger partial charge < -0.3 is 15.3 Å². The smallest absolute Gasteiger partial charge is 0.0724 e. The molecule has 0 aliphatic heterocycles. The van der Waals surface area contributed by atoms with E-state index in [2.05, 4.69) is 31.2 Å². The van der Waals surface area contributed by atoms with Crippen molar-refractivity contribution >= 4 is 0 Å². The lowest BCUT2D eigenvalue weighted by atomic mass is 9.89. The van der Waals surface area contributed by atoms with E-state index < -0.39 is 18.3 Å². The van der Waals surface area contributed by atoms with Crippen LogP contribution < -0.4 is 0 Å². The van der Waals surface area contributed by atoms with E-state index in [9.17, 15) is 15.3 Å². The van der Waals surface area contributed by atoms with Crippen LogP contribution in [0.25, 0.3) is 0 Å². The van der Waals surface area contributed by atoms with Crippen LogP contribution in [0.5, 0.6) is 0 Å². The van der Waals surface area contributed by atoms with Crippen molar-refractivity contribution in [1.82, 2.24) is 0 Å². The molecular weight excluding hydrogens is 324 g/mol. The van der Waals surface area contributed by atoms with E-state index in [1.165, 1.54) is 18.4 Å². The summed E-state index contributed by atoms with van der Waals surface area (Å²) in [5.41, 5.74) is 1.21. The zero-order chi connectivity index (χ0) is 18.8. The lowest BCUT2D eigenvalue weighted by molar-refractivity contribution is 0.120. The van der Waals surface area contributed by atoms with Gasteiger partial charge in [0.25, 0.3) is 0 Å². The fraction of sp³-hybridized carbons (Fsp3) is 0.565. The van der Waals surface area contributed by atoms with Gasteiger partial charge in [-0.25, -0.2) is 0 Å². The summed E-state index contributed by atoms with van der Waals surface area (Å²) in [4.78, 5) is 0.